The molecule has 0 aromatic heterocycles. The Kier molecular flexibility index (Phi) is 3.37. The first-order chi connectivity index (χ1) is 9.67. The average molecular weight is 285 g/mol. The molecule has 0 bridgehead atoms. The highest BCUT2D eigenvalue weighted by Crippen LogP contribution is 2.27. The molecule has 6 heteroatoms. The normalized spacial score (nSPS) is 12.9. The molecule has 0 amide bonds. The van der Waals surface area contributed by atoms with Crippen molar-refractivity contribution >= 4 is 24.2 Å². The minimum Gasteiger partial charge on any atom is -0.457 e. The summed E-state index contributed by atoms with van der Waals surface area (Å²) in [6.07, 6.45) is 0. The Hall–Kier alpha value is -2.00. The van der Waals surface area contributed by atoms with Gasteiger partial charge in [0.05, 0.1) is 17.2 Å². The van der Waals surface area contributed by atoms with Crippen LogP contribution in [0.1, 0.15) is 11.1 Å². The van der Waals surface area contributed by atoms with Crippen LogP contribution >= 0.6 is 11.6 Å². The van der Waals surface area contributed by atoms with Crippen LogP contribution in [0.2, 0.25) is 5.02 Å². The largest absolute Gasteiger partial charge is 0.491 e. The van der Waals surface area contributed by atoms with Gasteiger partial charge in [0.2, 0.25) is 0 Å². The molecule has 0 aliphatic carbocycles. The van der Waals surface area contributed by atoms with Gasteiger partial charge in [-0.1, -0.05) is 17.7 Å². The van der Waals surface area contributed by atoms with Crippen LogP contribution in [0.5, 0.6) is 11.5 Å². The van der Waals surface area contributed by atoms with Crippen molar-refractivity contribution in [1.82, 2.24) is 0 Å². The van der Waals surface area contributed by atoms with E-state index in [4.69, 9.17) is 26.3 Å². The Labute approximate surface area is 121 Å². The second-order valence-electron chi connectivity index (χ2n) is 4.38. The van der Waals surface area contributed by atoms with E-state index in [1.165, 1.54) is 0 Å². The van der Waals surface area contributed by atoms with Gasteiger partial charge in [-0.25, -0.2) is 0 Å². The third-order valence-electron chi connectivity index (χ3n) is 3.07. The predicted octanol–water partition coefficient (Wildman–Crippen LogP) is 2.22. The Morgan fingerprint density at radius 2 is 2.00 bits per heavy atom. The number of nitriles is 1. The maximum Gasteiger partial charge on any atom is 0.491 e. The maximum absolute atomic E-state index is 9.54. The van der Waals surface area contributed by atoms with Gasteiger partial charge in [-0.15, -0.1) is 0 Å². The van der Waals surface area contributed by atoms with Crippen molar-refractivity contribution in [3.63, 3.8) is 0 Å². The van der Waals surface area contributed by atoms with Gasteiger partial charge in [-0.05, 0) is 35.3 Å². The third kappa shape index (κ3) is 2.37. The number of hydrogen-bond donors (Lipinski definition) is 1. The fraction of sp³-hybridized carbons (Fsp3) is 0.0714. The van der Waals surface area contributed by atoms with Crippen LogP contribution in [0.4, 0.5) is 0 Å². The molecular weight excluding hydrogens is 276 g/mol. The minimum absolute atomic E-state index is 0.352. The highest BCUT2D eigenvalue weighted by atomic mass is 35.5. The van der Waals surface area contributed by atoms with Crippen LogP contribution in [-0.4, -0.2) is 12.1 Å². The highest BCUT2D eigenvalue weighted by Gasteiger charge is 2.27. The molecule has 1 N–H and O–H groups in total. The Bertz CT molecular complexity index is 714. The molecule has 4 nitrogen and oxygen atoms in total. The molecule has 98 valence electrons. The van der Waals surface area contributed by atoms with E-state index in [1.54, 1.807) is 30.3 Å². The van der Waals surface area contributed by atoms with E-state index in [2.05, 4.69) is 0 Å². The van der Waals surface area contributed by atoms with Crippen LogP contribution in [0.3, 0.4) is 0 Å². The molecule has 0 atom stereocenters. The fourth-order valence-electron chi connectivity index (χ4n) is 2.06. The van der Waals surface area contributed by atoms with E-state index in [-0.39, 0.29) is 0 Å². The molecular formula is C14H9BClNO3. The van der Waals surface area contributed by atoms with Crippen molar-refractivity contribution < 1.29 is 14.4 Å². The second-order valence-corrected chi connectivity index (χ2v) is 4.79. The van der Waals surface area contributed by atoms with Crippen LogP contribution in [0, 0.1) is 11.3 Å². The van der Waals surface area contributed by atoms with E-state index < -0.39 is 7.12 Å². The molecule has 1 heterocycles. The summed E-state index contributed by atoms with van der Waals surface area (Å²) in [5, 5.41) is 18.7. The summed E-state index contributed by atoms with van der Waals surface area (Å²) in [6.45, 7) is 0.363. The van der Waals surface area contributed by atoms with Crippen molar-refractivity contribution in [2.75, 3.05) is 0 Å². The zero-order valence-electron chi connectivity index (χ0n) is 10.3. The zero-order valence-corrected chi connectivity index (χ0v) is 11.1. The molecule has 0 saturated carbocycles. The number of halogens is 1. The molecule has 2 aromatic carbocycles. The van der Waals surface area contributed by atoms with Gasteiger partial charge in [-0.2, -0.15) is 5.26 Å². The average Bonchev–Trinajstić information content (AvgIpc) is 2.80. The zero-order chi connectivity index (χ0) is 14.1. The van der Waals surface area contributed by atoms with Crippen LogP contribution in [0.15, 0.2) is 36.4 Å². The van der Waals surface area contributed by atoms with E-state index in [0.29, 0.717) is 28.7 Å². The van der Waals surface area contributed by atoms with Crippen LogP contribution < -0.4 is 10.2 Å². The summed E-state index contributed by atoms with van der Waals surface area (Å²) in [4.78, 5) is 0. The van der Waals surface area contributed by atoms with E-state index in [1.807, 2.05) is 12.1 Å². The molecule has 20 heavy (non-hydrogen) atoms. The van der Waals surface area contributed by atoms with Crippen molar-refractivity contribution in [2.45, 2.75) is 6.61 Å². The number of fused-ring (bicyclic) bond motifs is 1. The number of hydrogen-bond acceptors (Lipinski definition) is 4. The molecule has 0 saturated heterocycles. The summed E-state index contributed by atoms with van der Waals surface area (Å²) < 4.78 is 10.8. The summed E-state index contributed by atoms with van der Waals surface area (Å²) in [5.41, 5.74) is 2.06. The topological polar surface area (TPSA) is 62.5 Å². The van der Waals surface area contributed by atoms with Gasteiger partial charge >= 0.3 is 7.12 Å². The Balaban J connectivity index is 1.85. The molecule has 3 rings (SSSR count). The van der Waals surface area contributed by atoms with E-state index in [9.17, 15) is 5.02 Å². The molecule has 1 aliphatic rings. The van der Waals surface area contributed by atoms with Gasteiger partial charge in [0.25, 0.3) is 0 Å². The van der Waals surface area contributed by atoms with Gasteiger partial charge in [0.1, 0.15) is 17.6 Å². The lowest BCUT2D eigenvalue weighted by molar-refractivity contribution is 0.275. The molecule has 0 radical (unpaired) electrons. The van der Waals surface area contributed by atoms with Gasteiger partial charge in [-0.3, -0.25) is 0 Å². The first-order valence-corrected chi connectivity index (χ1v) is 6.35. The van der Waals surface area contributed by atoms with Crippen molar-refractivity contribution in [1.29, 1.82) is 5.26 Å². The Morgan fingerprint density at radius 3 is 2.75 bits per heavy atom. The van der Waals surface area contributed by atoms with Gasteiger partial charge in [0.15, 0.2) is 0 Å². The predicted molar refractivity (Wildman–Crippen MR) is 75.1 cm³/mol. The number of rotatable bonds is 2. The number of benzene rings is 2. The third-order valence-corrected chi connectivity index (χ3v) is 3.39. The van der Waals surface area contributed by atoms with Crippen molar-refractivity contribution in [3.05, 3.63) is 52.5 Å². The SMILES string of the molecule is N#Cc1ccc(Oc2ccc3c(c2)COB3O)cc1Cl. The number of nitrogens with zero attached hydrogens (tertiary/aromatic N) is 1. The molecule has 0 spiro atoms. The van der Waals surface area contributed by atoms with Crippen LogP contribution in [0.25, 0.3) is 0 Å². The minimum atomic E-state index is -0.858. The van der Waals surface area contributed by atoms with Crippen LogP contribution in [-0.2, 0) is 11.3 Å². The summed E-state index contributed by atoms with van der Waals surface area (Å²) in [5.74, 6) is 1.18. The van der Waals surface area contributed by atoms with E-state index >= 15 is 0 Å². The summed E-state index contributed by atoms with van der Waals surface area (Å²) in [6, 6.07) is 12.2. The lowest BCUT2D eigenvalue weighted by Crippen LogP contribution is -2.27. The Morgan fingerprint density at radius 1 is 1.25 bits per heavy atom. The molecule has 1 aliphatic heterocycles. The smallest absolute Gasteiger partial charge is 0.457 e. The maximum atomic E-state index is 9.54. The first kappa shape index (κ1) is 13.0. The molecule has 2 aromatic rings. The first-order valence-electron chi connectivity index (χ1n) is 5.97. The lowest BCUT2D eigenvalue weighted by atomic mass is 9.80. The standard InChI is InChI=1S/C14H9BClNO3/c16-14-6-12(2-1-9(14)7-17)20-11-3-4-13-10(5-11)8-19-15(13)18/h1-6,18H,8H2. The van der Waals surface area contributed by atoms with Crippen molar-refractivity contribution in [3.8, 4) is 17.6 Å². The van der Waals surface area contributed by atoms with E-state index in [0.717, 1.165) is 11.0 Å². The molecule has 0 unspecified atom stereocenters. The van der Waals surface area contributed by atoms with Crippen molar-refractivity contribution in [2.24, 2.45) is 0 Å². The fourth-order valence-corrected chi connectivity index (χ4v) is 2.27. The number of ether oxygens (including phenoxy) is 1. The lowest BCUT2D eigenvalue weighted by Gasteiger charge is -2.08. The highest BCUT2D eigenvalue weighted by molar-refractivity contribution is 6.61. The van der Waals surface area contributed by atoms with Gasteiger partial charge in [0, 0.05) is 6.07 Å². The van der Waals surface area contributed by atoms with Gasteiger partial charge < -0.3 is 14.4 Å². The summed E-state index contributed by atoms with van der Waals surface area (Å²) in [7, 11) is -0.858. The molecule has 0 fully saturated rings. The quantitative estimate of drug-likeness (QED) is 0.859. The second kappa shape index (κ2) is 5.18. The monoisotopic (exact) mass is 285 g/mol. The summed E-state index contributed by atoms with van der Waals surface area (Å²) >= 11 is 5.95.